The van der Waals surface area contributed by atoms with Gasteiger partial charge in [0.15, 0.2) is 12.4 Å². The highest BCUT2D eigenvalue weighted by atomic mass is 19.4. The number of pyridine rings is 2. The summed E-state index contributed by atoms with van der Waals surface area (Å²) in [4.78, 5) is 21.5. The number of fused-ring (bicyclic) bond motifs is 1. The van der Waals surface area contributed by atoms with Gasteiger partial charge in [-0.25, -0.2) is 4.98 Å². The van der Waals surface area contributed by atoms with Gasteiger partial charge in [-0.1, -0.05) is 6.08 Å². The number of allylic oxidation sites excluding steroid dienone is 3. The molecule has 0 radical (unpaired) electrons. The molecule has 2 aliphatic heterocycles. The minimum Gasteiger partial charge on any atom is -0.355 e. The van der Waals surface area contributed by atoms with Crippen molar-refractivity contribution in [3.05, 3.63) is 95.5 Å². The molecule has 0 aromatic carbocycles. The van der Waals surface area contributed by atoms with E-state index in [-0.39, 0.29) is 18.6 Å². The van der Waals surface area contributed by atoms with Crippen LogP contribution in [0.5, 0.6) is 0 Å². The minimum absolute atomic E-state index is 0.0127. The van der Waals surface area contributed by atoms with E-state index in [2.05, 4.69) is 20.6 Å². The molecule has 4 heterocycles. The molecule has 0 fully saturated rings. The van der Waals surface area contributed by atoms with E-state index in [0.29, 0.717) is 17.1 Å². The second-order valence-electron chi connectivity index (χ2n) is 6.47. The van der Waals surface area contributed by atoms with Crippen molar-refractivity contribution in [1.82, 2.24) is 20.5 Å². The SMILES string of the molecule is O=C(NCc1ccc(C(F)(F)F)cn1)C1=C2C=CC=CN2C(c2ccc[nH+]c2)N1. The largest absolute Gasteiger partial charge is 0.417 e. The Hall–Kier alpha value is -3.62. The molecule has 6 nitrogen and oxygen atoms in total. The highest BCUT2D eigenvalue weighted by Gasteiger charge is 2.34. The molecular formula is C20H17F3N5O+. The van der Waals surface area contributed by atoms with Crippen molar-refractivity contribution in [2.45, 2.75) is 18.9 Å². The van der Waals surface area contributed by atoms with E-state index >= 15 is 0 Å². The van der Waals surface area contributed by atoms with Crippen LogP contribution in [0.2, 0.25) is 0 Å². The van der Waals surface area contributed by atoms with Gasteiger partial charge in [0.25, 0.3) is 5.91 Å². The molecule has 1 amide bonds. The topological polar surface area (TPSA) is 71.4 Å². The first-order valence-corrected chi connectivity index (χ1v) is 8.84. The number of H-pyrrole nitrogens is 1. The van der Waals surface area contributed by atoms with Crippen molar-refractivity contribution < 1.29 is 22.9 Å². The molecule has 2 aromatic rings. The summed E-state index contributed by atoms with van der Waals surface area (Å²) < 4.78 is 37.9. The number of carbonyl (C=O) groups is 1. The van der Waals surface area contributed by atoms with E-state index in [1.165, 1.54) is 6.07 Å². The third-order valence-electron chi connectivity index (χ3n) is 4.56. The highest BCUT2D eigenvalue weighted by Crippen LogP contribution is 2.33. The summed E-state index contributed by atoms with van der Waals surface area (Å²) in [5, 5.41) is 5.92. The number of alkyl halides is 3. The maximum atomic E-state index is 12.7. The second-order valence-corrected chi connectivity index (χ2v) is 6.47. The van der Waals surface area contributed by atoms with Gasteiger partial charge in [-0.3, -0.25) is 9.78 Å². The molecule has 2 aromatic heterocycles. The Balaban J connectivity index is 1.48. The number of halogens is 3. The number of carbonyl (C=O) groups excluding carboxylic acids is 1. The van der Waals surface area contributed by atoms with E-state index < -0.39 is 11.7 Å². The summed E-state index contributed by atoms with van der Waals surface area (Å²) in [5.74, 6) is -0.367. The Labute approximate surface area is 164 Å². The van der Waals surface area contributed by atoms with Crippen LogP contribution in [0.25, 0.3) is 0 Å². The molecule has 4 rings (SSSR count). The number of rotatable bonds is 4. The molecule has 0 saturated heterocycles. The maximum Gasteiger partial charge on any atom is 0.417 e. The average Bonchev–Trinajstić information content (AvgIpc) is 3.12. The Kier molecular flexibility index (Phi) is 4.79. The third kappa shape index (κ3) is 3.84. The maximum absolute atomic E-state index is 12.7. The van der Waals surface area contributed by atoms with Crippen LogP contribution in [-0.2, 0) is 17.5 Å². The predicted molar refractivity (Wildman–Crippen MR) is 97.1 cm³/mol. The molecule has 0 spiro atoms. The number of amides is 1. The zero-order valence-electron chi connectivity index (χ0n) is 15.1. The smallest absolute Gasteiger partial charge is 0.355 e. The predicted octanol–water partition coefficient (Wildman–Crippen LogP) is 2.43. The molecule has 0 bridgehead atoms. The van der Waals surface area contributed by atoms with Gasteiger partial charge in [-0.05, 0) is 30.4 Å². The van der Waals surface area contributed by atoms with Crippen molar-refractivity contribution in [3.63, 3.8) is 0 Å². The number of aromatic nitrogens is 2. The average molecular weight is 400 g/mol. The Morgan fingerprint density at radius 2 is 2.14 bits per heavy atom. The van der Waals surface area contributed by atoms with Gasteiger partial charge in [-0.2, -0.15) is 13.2 Å². The Morgan fingerprint density at radius 1 is 1.28 bits per heavy atom. The standard InChI is InChI=1S/C20H16F3N5O/c21-20(22,23)14-6-7-15(25-11-14)12-26-19(29)17-16-5-1-2-9-28(16)18(27-17)13-4-3-8-24-10-13/h1-11,18,27H,12H2,(H,26,29)/p+1. The van der Waals surface area contributed by atoms with Crippen molar-refractivity contribution >= 4 is 5.91 Å². The summed E-state index contributed by atoms with van der Waals surface area (Å²) in [7, 11) is 0. The molecular weight excluding hydrogens is 383 g/mol. The first-order valence-electron chi connectivity index (χ1n) is 8.84. The monoisotopic (exact) mass is 400 g/mol. The van der Waals surface area contributed by atoms with Gasteiger partial charge in [0.05, 0.1) is 29.1 Å². The van der Waals surface area contributed by atoms with Gasteiger partial charge in [0.1, 0.15) is 11.9 Å². The van der Waals surface area contributed by atoms with Crippen LogP contribution in [-0.4, -0.2) is 15.8 Å². The summed E-state index contributed by atoms with van der Waals surface area (Å²) in [6.45, 7) is 0.0127. The van der Waals surface area contributed by atoms with Crippen molar-refractivity contribution in [3.8, 4) is 0 Å². The van der Waals surface area contributed by atoms with Crippen LogP contribution < -0.4 is 15.6 Å². The number of hydrogen-bond donors (Lipinski definition) is 2. The molecule has 2 aliphatic rings. The Morgan fingerprint density at radius 3 is 2.83 bits per heavy atom. The first-order chi connectivity index (χ1) is 13.9. The van der Waals surface area contributed by atoms with Gasteiger partial charge in [0.2, 0.25) is 0 Å². The van der Waals surface area contributed by atoms with E-state index in [9.17, 15) is 18.0 Å². The molecule has 1 unspecified atom stereocenters. The van der Waals surface area contributed by atoms with Gasteiger partial charge < -0.3 is 15.5 Å². The van der Waals surface area contributed by atoms with E-state index in [1.807, 2.05) is 47.7 Å². The van der Waals surface area contributed by atoms with Crippen molar-refractivity contribution in [2.75, 3.05) is 0 Å². The van der Waals surface area contributed by atoms with Gasteiger partial charge >= 0.3 is 6.18 Å². The lowest BCUT2D eigenvalue weighted by Gasteiger charge is -2.24. The lowest BCUT2D eigenvalue weighted by Crippen LogP contribution is -2.32. The molecule has 148 valence electrons. The normalized spacial score (nSPS) is 17.9. The fraction of sp³-hybridized carbons (Fsp3) is 0.150. The molecule has 0 saturated carbocycles. The van der Waals surface area contributed by atoms with Gasteiger partial charge in [-0.15, -0.1) is 0 Å². The van der Waals surface area contributed by atoms with Crippen LogP contribution in [0.1, 0.15) is 23.0 Å². The van der Waals surface area contributed by atoms with Crippen LogP contribution >= 0.6 is 0 Å². The van der Waals surface area contributed by atoms with Crippen LogP contribution in [0, 0.1) is 0 Å². The van der Waals surface area contributed by atoms with Gasteiger partial charge in [0, 0.05) is 18.5 Å². The lowest BCUT2D eigenvalue weighted by atomic mass is 10.2. The molecule has 9 heteroatoms. The molecule has 29 heavy (non-hydrogen) atoms. The van der Waals surface area contributed by atoms with Crippen LogP contribution in [0.4, 0.5) is 13.2 Å². The molecule has 1 atom stereocenters. The van der Waals surface area contributed by atoms with Crippen LogP contribution in [0.3, 0.4) is 0 Å². The summed E-state index contributed by atoms with van der Waals surface area (Å²) in [6.07, 6.45) is 7.10. The van der Waals surface area contributed by atoms with E-state index in [1.54, 1.807) is 6.20 Å². The highest BCUT2D eigenvalue weighted by molar-refractivity contribution is 5.94. The first kappa shape index (κ1) is 18.7. The van der Waals surface area contributed by atoms with Crippen molar-refractivity contribution in [2.24, 2.45) is 0 Å². The summed E-state index contributed by atoms with van der Waals surface area (Å²) in [5.41, 5.74) is 1.54. The fourth-order valence-corrected chi connectivity index (χ4v) is 3.13. The summed E-state index contributed by atoms with van der Waals surface area (Å²) >= 11 is 0. The number of hydrogen-bond acceptors (Lipinski definition) is 4. The minimum atomic E-state index is -4.44. The number of nitrogens with one attached hydrogen (secondary N) is 3. The molecule has 3 N–H and O–H groups in total. The second kappa shape index (κ2) is 7.42. The third-order valence-corrected chi connectivity index (χ3v) is 4.56. The fourth-order valence-electron chi connectivity index (χ4n) is 3.13. The van der Waals surface area contributed by atoms with Crippen LogP contribution in [0.15, 0.2) is 78.7 Å². The Bertz CT molecular complexity index is 997. The summed E-state index contributed by atoms with van der Waals surface area (Å²) in [6, 6.07) is 6.00. The number of aromatic amines is 1. The van der Waals surface area contributed by atoms with E-state index in [4.69, 9.17) is 0 Å². The zero-order chi connectivity index (χ0) is 20.4. The zero-order valence-corrected chi connectivity index (χ0v) is 15.1. The van der Waals surface area contributed by atoms with Crippen molar-refractivity contribution in [1.29, 1.82) is 0 Å². The van der Waals surface area contributed by atoms with E-state index in [0.717, 1.165) is 17.8 Å². The lowest BCUT2D eigenvalue weighted by molar-refractivity contribution is -0.379. The quantitative estimate of drug-likeness (QED) is 0.827. The number of nitrogens with zero attached hydrogens (tertiary/aromatic N) is 2. The molecule has 0 aliphatic carbocycles.